The third-order valence-corrected chi connectivity index (χ3v) is 4.03. The number of aromatic nitrogens is 1. The van der Waals surface area contributed by atoms with E-state index in [9.17, 15) is 0 Å². The van der Waals surface area contributed by atoms with Crippen molar-refractivity contribution in [2.24, 2.45) is 11.0 Å². The van der Waals surface area contributed by atoms with Gasteiger partial charge in [-0.2, -0.15) is 5.10 Å². The molecule has 5 nitrogen and oxygen atoms in total. The fourth-order valence-electron chi connectivity index (χ4n) is 1.88. The molecule has 0 fully saturated rings. The molecule has 1 aromatic carbocycles. The standard InChI is InChI=1S/C17H22ClN3O2S/c1-5-22-15-7-13(6-14(18)16(15)23-9-11(2)3)8-19-21-17-20-12(4)10-24-17/h6-8,10-11H,5,9H2,1-4H3,(H,20,21)/b19-8-. The van der Waals surface area contributed by atoms with Crippen LogP contribution in [-0.4, -0.2) is 24.4 Å². The number of rotatable bonds is 8. The van der Waals surface area contributed by atoms with Gasteiger partial charge < -0.3 is 9.47 Å². The molecular weight excluding hydrogens is 346 g/mol. The zero-order valence-electron chi connectivity index (χ0n) is 14.3. The number of benzene rings is 1. The van der Waals surface area contributed by atoms with Crippen LogP contribution in [0.2, 0.25) is 5.02 Å². The number of nitrogens with zero attached hydrogens (tertiary/aromatic N) is 2. The number of ether oxygens (including phenoxy) is 2. The van der Waals surface area contributed by atoms with Gasteiger partial charge in [0.2, 0.25) is 5.13 Å². The minimum Gasteiger partial charge on any atom is -0.490 e. The smallest absolute Gasteiger partial charge is 0.203 e. The van der Waals surface area contributed by atoms with Crippen LogP contribution in [0, 0.1) is 12.8 Å². The van der Waals surface area contributed by atoms with E-state index in [-0.39, 0.29) is 0 Å². The normalized spacial score (nSPS) is 11.2. The van der Waals surface area contributed by atoms with Crippen molar-refractivity contribution in [2.45, 2.75) is 27.7 Å². The van der Waals surface area contributed by atoms with E-state index in [1.165, 1.54) is 11.3 Å². The number of hydrogen-bond acceptors (Lipinski definition) is 6. The Morgan fingerprint density at radius 1 is 1.38 bits per heavy atom. The molecule has 2 aromatic rings. The molecule has 0 unspecified atom stereocenters. The predicted molar refractivity (Wildman–Crippen MR) is 101 cm³/mol. The first kappa shape index (κ1) is 18.5. The van der Waals surface area contributed by atoms with E-state index >= 15 is 0 Å². The molecule has 0 aliphatic carbocycles. The number of thiazole rings is 1. The summed E-state index contributed by atoms with van der Waals surface area (Å²) in [5, 5.41) is 7.40. The first-order valence-electron chi connectivity index (χ1n) is 7.80. The summed E-state index contributed by atoms with van der Waals surface area (Å²) < 4.78 is 11.4. The van der Waals surface area contributed by atoms with Crippen molar-refractivity contribution >= 4 is 34.3 Å². The molecule has 24 heavy (non-hydrogen) atoms. The average molecular weight is 368 g/mol. The van der Waals surface area contributed by atoms with Crippen molar-refractivity contribution in [3.63, 3.8) is 0 Å². The first-order valence-corrected chi connectivity index (χ1v) is 9.05. The number of aryl methyl sites for hydroxylation is 1. The van der Waals surface area contributed by atoms with Crippen LogP contribution in [0.5, 0.6) is 11.5 Å². The summed E-state index contributed by atoms with van der Waals surface area (Å²) in [5.41, 5.74) is 4.69. The molecule has 0 saturated carbocycles. The van der Waals surface area contributed by atoms with Gasteiger partial charge in [0.05, 0.1) is 30.1 Å². The molecule has 0 aliphatic heterocycles. The van der Waals surface area contributed by atoms with Crippen molar-refractivity contribution in [2.75, 3.05) is 18.6 Å². The van der Waals surface area contributed by atoms with Gasteiger partial charge in [-0.3, -0.25) is 5.43 Å². The molecule has 0 atom stereocenters. The molecule has 1 N–H and O–H groups in total. The average Bonchev–Trinajstić information content (AvgIpc) is 2.92. The zero-order valence-corrected chi connectivity index (χ0v) is 15.9. The summed E-state index contributed by atoms with van der Waals surface area (Å²) in [6.07, 6.45) is 1.68. The van der Waals surface area contributed by atoms with E-state index in [4.69, 9.17) is 21.1 Å². The van der Waals surface area contributed by atoms with Crippen molar-refractivity contribution in [1.29, 1.82) is 0 Å². The van der Waals surface area contributed by atoms with Gasteiger partial charge in [-0.1, -0.05) is 25.4 Å². The number of nitrogens with one attached hydrogen (secondary N) is 1. The van der Waals surface area contributed by atoms with Crippen molar-refractivity contribution in [1.82, 2.24) is 4.98 Å². The summed E-state index contributed by atoms with van der Waals surface area (Å²) in [5.74, 6) is 1.60. The van der Waals surface area contributed by atoms with E-state index in [0.717, 1.165) is 16.4 Å². The molecular formula is C17H22ClN3O2S. The molecule has 7 heteroatoms. The van der Waals surface area contributed by atoms with Gasteiger partial charge in [0.25, 0.3) is 0 Å². The number of anilines is 1. The Morgan fingerprint density at radius 3 is 2.79 bits per heavy atom. The fraction of sp³-hybridized carbons (Fsp3) is 0.412. The molecule has 0 amide bonds. The van der Waals surface area contributed by atoms with Crippen molar-refractivity contribution < 1.29 is 9.47 Å². The SMILES string of the molecule is CCOc1cc(/C=N\Nc2nc(C)cs2)cc(Cl)c1OCC(C)C. The lowest BCUT2D eigenvalue weighted by atomic mass is 10.2. The lowest BCUT2D eigenvalue weighted by Gasteiger charge is -2.15. The van der Waals surface area contributed by atoms with Gasteiger partial charge in [-0.25, -0.2) is 4.98 Å². The summed E-state index contributed by atoms with van der Waals surface area (Å²) in [4.78, 5) is 4.28. The Kier molecular flexibility index (Phi) is 6.87. The third kappa shape index (κ3) is 5.39. The van der Waals surface area contributed by atoms with Crippen LogP contribution >= 0.6 is 22.9 Å². The fourth-order valence-corrected chi connectivity index (χ4v) is 2.79. The highest BCUT2D eigenvalue weighted by Crippen LogP contribution is 2.36. The maximum atomic E-state index is 6.36. The minimum absolute atomic E-state index is 0.405. The van der Waals surface area contributed by atoms with Crippen molar-refractivity contribution in [3.05, 3.63) is 33.8 Å². The van der Waals surface area contributed by atoms with Gasteiger partial charge in [-0.15, -0.1) is 11.3 Å². The molecule has 1 aromatic heterocycles. The Bertz CT molecular complexity index is 701. The molecule has 0 bridgehead atoms. The Hall–Kier alpha value is -1.79. The number of hydrazone groups is 1. The molecule has 0 aliphatic rings. The Balaban J connectivity index is 2.15. The van der Waals surface area contributed by atoms with Gasteiger partial charge >= 0.3 is 0 Å². The highest BCUT2D eigenvalue weighted by atomic mass is 35.5. The Labute approximate surface area is 151 Å². The highest BCUT2D eigenvalue weighted by molar-refractivity contribution is 7.13. The second-order valence-corrected chi connectivity index (χ2v) is 6.90. The summed E-state index contributed by atoms with van der Waals surface area (Å²) in [6, 6.07) is 3.67. The zero-order chi connectivity index (χ0) is 17.5. The van der Waals surface area contributed by atoms with Crippen LogP contribution in [0.3, 0.4) is 0 Å². The van der Waals surface area contributed by atoms with Crippen LogP contribution in [-0.2, 0) is 0 Å². The second-order valence-electron chi connectivity index (χ2n) is 5.63. The third-order valence-electron chi connectivity index (χ3n) is 2.89. The molecule has 1 heterocycles. The van der Waals surface area contributed by atoms with Gasteiger partial charge in [-0.05, 0) is 37.5 Å². The van der Waals surface area contributed by atoms with Crippen LogP contribution in [0.4, 0.5) is 5.13 Å². The summed E-state index contributed by atoms with van der Waals surface area (Å²) in [6.45, 7) is 9.15. The van der Waals surface area contributed by atoms with E-state index < -0.39 is 0 Å². The lowest BCUT2D eigenvalue weighted by Crippen LogP contribution is -2.07. The van der Waals surface area contributed by atoms with Crippen LogP contribution in [0.15, 0.2) is 22.6 Å². The minimum atomic E-state index is 0.405. The van der Waals surface area contributed by atoms with E-state index in [2.05, 4.69) is 29.4 Å². The number of halogens is 1. The second kappa shape index (κ2) is 8.89. The maximum absolute atomic E-state index is 6.36. The molecule has 0 radical (unpaired) electrons. The van der Waals surface area contributed by atoms with Crippen LogP contribution in [0.25, 0.3) is 0 Å². The maximum Gasteiger partial charge on any atom is 0.203 e. The van der Waals surface area contributed by atoms with Gasteiger partial charge in [0.15, 0.2) is 11.5 Å². The summed E-state index contributed by atoms with van der Waals surface area (Å²) in [7, 11) is 0. The van der Waals surface area contributed by atoms with Gasteiger partial charge in [0, 0.05) is 5.38 Å². The highest BCUT2D eigenvalue weighted by Gasteiger charge is 2.12. The van der Waals surface area contributed by atoms with Crippen LogP contribution in [0.1, 0.15) is 32.0 Å². The molecule has 2 rings (SSSR count). The van der Waals surface area contributed by atoms with E-state index in [0.29, 0.717) is 35.7 Å². The van der Waals surface area contributed by atoms with E-state index in [1.54, 1.807) is 12.3 Å². The largest absolute Gasteiger partial charge is 0.490 e. The topological polar surface area (TPSA) is 55.7 Å². The lowest BCUT2D eigenvalue weighted by molar-refractivity contribution is 0.248. The predicted octanol–water partition coefficient (Wildman–Crippen LogP) is 4.98. The monoisotopic (exact) mass is 367 g/mol. The first-order chi connectivity index (χ1) is 11.5. The quantitative estimate of drug-likeness (QED) is 0.527. The summed E-state index contributed by atoms with van der Waals surface area (Å²) >= 11 is 7.86. The van der Waals surface area contributed by atoms with Crippen LogP contribution < -0.4 is 14.9 Å². The molecule has 0 saturated heterocycles. The number of hydrogen-bond donors (Lipinski definition) is 1. The van der Waals surface area contributed by atoms with E-state index in [1.807, 2.05) is 25.3 Å². The van der Waals surface area contributed by atoms with Crippen molar-refractivity contribution in [3.8, 4) is 11.5 Å². The van der Waals surface area contributed by atoms with Gasteiger partial charge in [0.1, 0.15) is 0 Å². The Morgan fingerprint density at radius 2 is 2.17 bits per heavy atom. The molecule has 130 valence electrons. The molecule has 0 spiro atoms.